The van der Waals surface area contributed by atoms with Crippen LogP contribution in [-0.2, 0) is 4.79 Å². The first-order chi connectivity index (χ1) is 7.72. The van der Waals surface area contributed by atoms with E-state index in [1.807, 2.05) is 0 Å². The maximum atomic E-state index is 10.7. The third-order valence-corrected chi connectivity index (χ3v) is 3.48. The third kappa shape index (κ3) is 5.50. The summed E-state index contributed by atoms with van der Waals surface area (Å²) in [4.78, 5) is 10.7. The van der Waals surface area contributed by atoms with Crippen molar-refractivity contribution in [2.45, 2.75) is 58.4 Å². The van der Waals surface area contributed by atoms with E-state index in [0.717, 1.165) is 19.0 Å². The molecule has 3 nitrogen and oxygen atoms in total. The number of hydrogen-bond acceptors (Lipinski definition) is 2. The zero-order valence-electron chi connectivity index (χ0n) is 10.7. The van der Waals surface area contributed by atoms with Crippen LogP contribution in [0.3, 0.4) is 0 Å². The number of hydrogen-bond donors (Lipinski definition) is 2. The Labute approximate surface area is 99.4 Å². The van der Waals surface area contributed by atoms with Gasteiger partial charge in [0.1, 0.15) is 0 Å². The number of rotatable bonds is 6. The molecule has 0 aromatic heterocycles. The minimum Gasteiger partial charge on any atom is -0.355 e. The van der Waals surface area contributed by atoms with Crippen LogP contribution in [0.25, 0.3) is 0 Å². The van der Waals surface area contributed by atoms with Gasteiger partial charge in [0.15, 0.2) is 0 Å². The molecule has 1 amide bonds. The van der Waals surface area contributed by atoms with Crippen molar-refractivity contribution in [1.29, 1.82) is 0 Å². The van der Waals surface area contributed by atoms with E-state index in [2.05, 4.69) is 17.6 Å². The summed E-state index contributed by atoms with van der Waals surface area (Å²) in [5.74, 6) is 1.03. The van der Waals surface area contributed by atoms with Crippen LogP contribution < -0.4 is 10.6 Å². The summed E-state index contributed by atoms with van der Waals surface area (Å²) in [6, 6.07) is 0.682. The highest BCUT2D eigenvalue weighted by Crippen LogP contribution is 2.27. The quantitative estimate of drug-likeness (QED) is 0.681. The maximum Gasteiger partial charge on any atom is 0.216 e. The van der Waals surface area contributed by atoms with Crippen LogP contribution in [-0.4, -0.2) is 25.0 Å². The first kappa shape index (κ1) is 13.5. The Bertz CT molecular complexity index is 198. The first-order valence-corrected chi connectivity index (χ1v) is 6.70. The van der Waals surface area contributed by atoms with Gasteiger partial charge in [-0.25, -0.2) is 0 Å². The van der Waals surface area contributed by atoms with Crippen molar-refractivity contribution in [2.24, 2.45) is 5.92 Å². The van der Waals surface area contributed by atoms with Gasteiger partial charge in [0.05, 0.1) is 0 Å². The van der Waals surface area contributed by atoms with Crippen LogP contribution >= 0.6 is 0 Å². The van der Waals surface area contributed by atoms with E-state index in [-0.39, 0.29) is 5.91 Å². The summed E-state index contributed by atoms with van der Waals surface area (Å²) in [5.41, 5.74) is 0. The second-order valence-corrected chi connectivity index (χ2v) is 4.94. The molecule has 0 saturated heterocycles. The lowest BCUT2D eigenvalue weighted by atomic mass is 9.83. The molecule has 0 aromatic carbocycles. The lowest BCUT2D eigenvalue weighted by Crippen LogP contribution is -2.38. The summed E-state index contributed by atoms with van der Waals surface area (Å²) in [7, 11) is 0. The van der Waals surface area contributed by atoms with E-state index in [1.54, 1.807) is 6.92 Å². The molecule has 94 valence electrons. The highest BCUT2D eigenvalue weighted by molar-refractivity contribution is 5.72. The molecule has 0 spiro atoms. The van der Waals surface area contributed by atoms with Crippen molar-refractivity contribution in [3.63, 3.8) is 0 Å². The molecular weight excluding hydrogens is 200 g/mol. The van der Waals surface area contributed by atoms with Crippen molar-refractivity contribution in [2.75, 3.05) is 13.1 Å². The fourth-order valence-corrected chi connectivity index (χ4v) is 2.58. The summed E-state index contributed by atoms with van der Waals surface area (Å²) >= 11 is 0. The molecule has 0 heterocycles. The van der Waals surface area contributed by atoms with E-state index in [0.29, 0.717) is 6.04 Å². The second kappa shape index (κ2) is 7.66. The average Bonchev–Trinajstić information content (AvgIpc) is 2.27. The second-order valence-electron chi connectivity index (χ2n) is 4.94. The van der Waals surface area contributed by atoms with Crippen molar-refractivity contribution in [1.82, 2.24) is 10.6 Å². The molecule has 1 aliphatic rings. The van der Waals surface area contributed by atoms with Gasteiger partial charge in [-0.2, -0.15) is 0 Å². The number of amides is 1. The molecule has 0 radical (unpaired) electrons. The minimum atomic E-state index is 0.0634. The summed E-state index contributed by atoms with van der Waals surface area (Å²) in [6.45, 7) is 5.50. The highest BCUT2D eigenvalue weighted by Gasteiger charge is 2.19. The standard InChI is InChI=1S/C13H26N2O/c1-3-4-12-5-7-13(8-6-12)15-10-9-14-11(2)16/h12-13,15H,3-10H2,1-2H3,(H,14,16). The Morgan fingerprint density at radius 1 is 1.19 bits per heavy atom. The zero-order valence-corrected chi connectivity index (χ0v) is 10.7. The lowest BCUT2D eigenvalue weighted by molar-refractivity contribution is -0.118. The predicted octanol–water partition coefficient (Wildman–Crippen LogP) is 2.07. The zero-order chi connectivity index (χ0) is 11.8. The molecule has 1 fully saturated rings. The van der Waals surface area contributed by atoms with Gasteiger partial charge in [0, 0.05) is 26.1 Å². The Balaban J connectivity index is 2.01. The van der Waals surface area contributed by atoms with Gasteiger partial charge in [0.2, 0.25) is 5.91 Å². The van der Waals surface area contributed by atoms with Crippen molar-refractivity contribution < 1.29 is 4.79 Å². The lowest BCUT2D eigenvalue weighted by Gasteiger charge is -2.29. The third-order valence-electron chi connectivity index (χ3n) is 3.48. The normalized spacial score (nSPS) is 25.4. The molecule has 3 heteroatoms. The molecule has 1 rings (SSSR count). The first-order valence-electron chi connectivity index (χ1n) is 6.70. The monoisotopic (exact) mass is 226 g/mol. The van der Waals surface area contributed by atoms with Crippen LogP contribution in [0.2, 0.25) is 0 Å². The van der Waals surface area contributed by atoms with E-state index in [1.165, 1.54) is 38.5 Å². The Hall–Kier alpha value is -0.570. The molecule has 0 unspecified atom stereocenters. The topological polar surface area (TPSA) is 41.1 Å². The van der Waals surface area contributed by atoms with Crippen LogP contribution in [0.15, 0.2) is 0 Å². The molecule has 2 N–H and O–H groups in total. The number of carbonyl (C=O) groups is 1. The van der Waals surface area contributed by atoms with Gasteiger partial charge < -0.3 is 10.6 Å². The number of carbonyl (C=O) groups excluding carboxylic acids is 1. The van der Waals surface area contributed by atoms with E-state index in [9.17, 15) is 4.79 Å². The molecule has 16 heavy (non-hydrogen) atoms. The van der Waals surface area contributed by atoms with Crippen LogP contribution in [0, 0.1) is 5.92 Å². The van der Waals surface area contributed by atoms with E-state index >= 15 is 0 Å². The van der Waals surface area contributed by atoms with Crippen LogP contribution in [0.1, 0.15) is 52.4 Å². The largest absolute Gasteiger partial charge is 0.355 e. The summed E-state index contributed by atoms with van der Waals surface area (Å²) in [5, 5.41) is 6.34. The van der Waals surface area contributed by atoms with Crippen molar-refractivity contribution in [3.8, 4) is 0 Å². The Morgan fingerprint density at radius 2 is 1.88 bits per heavy atom. The summed E-state index contributed by atoms with van der Waals surface area (Å²) < 4.78 is 0. The minimum absolute atomic E-state index is 0.0634. The fraction of sp³-hybridized carbons (Fsp3) is 0.923. The van der Waals surface area contributed by atoms with Gasteiger partial charge >= 0.3 is 0 Å². The molecule has 0 aromatic rings. The molecule has 0 atom stereocenters. The molecule has 0 bridgehead atoms. The van der Waals surface area contributed by atoms with E-state index < -0.39 is 0 Å². The summed E-state index contributed by atoms with van der Waals surface area (Å²) in [6.07, 6.45) is 8.11. The fourth-order valence-electron chi connectivity index (χ4n) is 2.58. The predicted molar refractivity (Wildman–Crippen MR) is 67.3 cm³/mol. The molecule has 0 aliphatic heterocycles. The Morgan fingerprint density at radius 3 is 2.44 bits per heavy atom. The SMILES string of the molecule is CCCC1CCC(NCCNC(C)=O)CC1. The molecular formula is C13H26N2O. The molecule has 1 aliphatic carbocycles. The van der Waals surface area contributed by atoms with Crippen molar-refractivity contribution in [3.05, 3.63) is 0 Å². The Kier molecular flexibility index (Phi) is 6.46. The smallest absolute Gasteiger partial charge is 0.216 e. The van der Waals surface area contributed by atoms with Crippen LogP contribution in [0.5, 0.6) is 0 Å². The maximum absolute atomic E-state index is 10.7. The van der Waals surface area contributed by atoms with E-state index in [4.69, 9.17) is 0 Å². The van der Waals surface area contributed by atoms with Gasteiger partial charge in [-0.15, -0.1) is 0 Å². The van der Waals surface area contributed by atoms with Gasteiger partial charge in [-0.05, 0) is 31.6 Å². The van der Waals surface area contributed by atoms with Gasteiger partial charge in [0.25, 0.3) is 0 Å². The highest BCUT2D eigenvalue weighted by atomic mass is 16.1. The van der Waals surface area contributed by atoms with Crippen molar-refractivity contribution >= 4 is 5.91 Å². The van der Waals surface area contributed by atoms with Crippen LogP contribution in [0.4, 0.5) is 0 Å². The molecule has 1 saturated carbocycles. The number of nitrogens with one attached hydrogen (secondary N) is 2. The van der Waals surface area contributed by atoms with Gasteiger partial charge in [-0.1, -0.05) is 19.8 Å². The average molecular weight is 226 g/mol. The van der Waals surface area contributed by atoms with Gasteiger partial charge in [-0.3, -0.25) is 4.79 Å².